The molecule has 106 valence electrons. The fourth-order valence-electron chi connectivity index (χ4n) is 2.21. The summed E-state index contributed by atoms with van der Waals surface area (Å²) in [4.78, 5) is 12.0. The zero-order valence-electron chi connectivity index (χ0n) is 11.0. The summed E-state index contributed by atoms with van der Waals surface area (Å²) in [6, 6.07) is 3.57. The second kappa shape index (κ2) is 5.60. The van der Waals surface area contributed by atoms with Gasteiger partial charge in [0, 0.05) is 30.9 Å². The van der Waals surface area contributed by atoms with Gasteiger partial charge in [-0.3, -0.25) is 4.79 Å². The van der Waals surface area contributed by atoms with Crippen LogP contribution >= 0.6 is 11.3 Å². The summed E-state index contributed by atoms with van der Waals surface area (Å²) in [5.74, 6) is -0.0600. The van der Waals surface area contributed by atoms with Crippen LogP contribution in [0, 0.1) is 6.92 Å². The summed E-state index contributed by atoms with van der Waals surface area (Å²) in [6.45, 7) is 4.30. The lowest BCUT2D eigenvalue weighted by molar-refractivity contribution is -0.119. The van der Waals surface area contributed by atoms with Crippen LogP contribution in [0.15, 0.2) is 16.3 Å². The lowest BCUT2D eigenvalue weighted by atomic mass is 10.1. The predicted molar refractivity (Wildman–Crippen MR) is 74.7 cm³/mol. The Morgan fingerprint density at radius 3 is 2.47 bits per heavy atom. The number of carbonyl (C=O) groups excluding carboxylic acids is 1. The van der Waals surface area contributed by atoms with Gasteiger partial charge in [0.05, 0.1) is 0 Å². The van der Waals surface area contributed by atoms with Crippen LogP contribution in [-0.4, -0.2) is 37.8 Å². The summed E-state index contributed by atoms with van der Waals surface area (Å²) in [5, 5.41) is 2.84. The van der Waals surface area contributed by atoms with Gasteiger partial charge in [-0.05, 0) is 31.9 Å². The van der Waals surface area contributed by atoms with E-state index in [4.69, 9.17) is 0 Å². The Bertz CT molecular complexity index is 557. The Balaban J connectivity index is 2.03. The highest BCUT2D eigenvalue weighted by molar-refractivity contribution is 7.91. The molecule has 2 rings (SSSR count). The fourth-order valence-corrected chi connectivity index (χ4v) is 5.11. The maximum Gasteiger partial charge on any atom is 0.252 e. The Hall–Kier alpha value is -0.920. The van der Waals surface area contributed by atoms with E-state index in [0.717, 1.165) is 4.88 Å². The Morgan fingerprint density at radius 2 is 2.00 bits per heavy atom. The summed E-state index contributed by atoms with van der Waals surface area (Å²) in [5.41, 5.74) is 0. The van der Waals surface area contributed by atoms with Gasteiger partial charge in [0.1, 0.15) is 4.21 Å². The number of rotatable bonds is 3. The van der Waals surface area contributed by atoms with Crippen LogP contribution in [-0.2, 0) is 14.8 Å². The highest BCUT2D eigenvalue weighted by atomic mass is 32.2. The highest BCUT2D eigenvalue weighted by Gasteiger charge is 2.30. The smallest absolute Gasteiger partial charge is 0.252 e. The van der Waals surface area contributed by atoms with Gasteiger partial charge in [0.15, 0.2) is 0 Å². The van der Waals surface area contributed by atoms with E-state index in [1.165, 1.54) is 22.6 Å². The van der Waals surface area contributed by atoms with Crippen LogP contribution in [0.1, 0.15) is 24.6 Å². The SMILES string of the molecule is CC(=O)NC1CCN(S(=O)(=O)c2ccc(C)s2)CC1. The second-order valence-corrected chi connectivity index (χ2v) is 8.20. The standard InChI is InChI=1S/C12H18N2O3S2/c1-9-3-4-12(18-9)19(16,17)14-7-5-11(6-8-14)13-10(2)15/h3-4,11H,5-8H2,1-2H3,(H,13,15). The Morgan fingerprint density at radius 1 is 1.37 bits per heavy atom. The molecule has 0 aliphatic carbocycles. The number of hydrogen-bond acceptors (Lipinski definition) is 4. The van der Waals surface area contributed by atoms with Crippen LogP contribution in [0.4, 0.5) is 0 Å². The minimum atomic E-state index is -3.35. The molecule has 1 aliphatic heterocycles. The van der Waals surface area contributed by atoms with Crippen LogP contribution < -0.4 is 5.32 Å². The molecule has 1 N–H and O–H groups in total. The van der Waals surface area contributed by atoms with Crippen molar-refractivity contribution in [1.29, 1.82) is 0 Å². The van der Waals surface area contributed by atoms with E-state index in [1.807, 2.05) is 13.0 Å². The molecule has 0 spiro atoms. The van der Waals surface area contributed by atoms with Gasteiger partial charge in [-0.15, -0.1) is 11.3 Å². The molecule has 7 heteroatoms. The van der Waals surface area contributed by atoms with Crippen molar-refractivity contribution in [1.82, 2.24) is 9.62 Å². The van der Waals surface area contributed by atoms with Crippen molar-refractivity contribution >= 4 is 27.3 Å². The molecule has 0 unspecified atom stereocenters. The number of amides is 1. The summed E-state index contributed by atoms with van der Waals surface area (Å²) >= 11 is 1.30. The van der Waals surface area contributed by atoms with Crippen molar-refractivity contribution in [3.05, 3.63) is 17.0 Å². The molecule has 2 heterocycles. The van der Waals surface area contributed by atoms with Crippen LogP contribution in [0.5, 0.6) is 0 Å². The first-order valence-corrected chi connectivity index (χ1v) is 8.49. The van der Waals surface area contributed by atoms with E-state index >= 15 is 0 Å². The first-order valence-electron chi connectivity index (χ1n) is 6.23. The van der Waals surface area contributed by atoms with E-state index in [-0.39, 0.29) is 11.9 Å². The minimum Gasteiger partial charge on any atom is -0.354 e. The van der Waals surface area contributed by atoms with Crippen LogP contribution in [0.3, 0.4) is 0 Å². The fraction of sp³-hybridized carbons (Fsp3) is 0.583. The number of hydrogen-bond donors (Lipinski definition) is 1. The minimum absolute atomic E-state index is 0.0600. The van der Waals surface area contributed by atoms with E-state index in [1.54, 1.807) is 6.07 Å². The van der Waals surface area contributed by atoms with E-state index in [2.05, 4.69) is 5.32 Å². The van der Waals surface area contributed by atoms with Crippen LogP contribution in [0.2, 0.25) is 0 Å². The molecule has 1 saturated heterocycles. The highest BCUT2D eigenvalue weighted by Crippen LogP contribution is 2.26. The largest absolute Gasteiger partial charge is 0.354 e. The number of nitrogens with one attached hydrogen (secondary N) is 1. The molecule has 19 heavy (non-hydrogen) atoms. The zero-order chi connectivity index (χ0) is 14.0. The molecule has 1 aliphatic rings. The third-order valence-corrected chi connectivity index (χ3v) is 6.54. The number of sulfonamides is 1. The Labute approximate surface area is 117 Å². The average Bonchev–Trinajstić information content (AvgIpc) is 2.76. The van der Waals surface area contributed by atoms with Gasteiger partial charge in [-0.1, -0.05) is 0 Å². The normalized spacial score (nSPS) is 18.4. The van der Waals surface area contributed by atoms with Crippen molar-refractivity contribution in [3.63, 3.8) is 0 Å². The maximum absolute atomic E-state index is 12.4. The monoisotopic (exact) mass is 302 g/mol. The molecule has 1 aromatic rings. The zero-order valence-corrected chi connectivity index (χ0v) is 12.7. The van der Waals surface area contributed by atoms with Gasteiger partial charge >= 0.3 is 0 Å². The van der Waals surface area contributed by atoms with E-state index in [0.29, 0.717) is 30.1 Å². The molecule has 0 saturated carbocycles. The van der Waals surface area contributed by atoms with Crippen molar-refractivity contribution in [2.45, 2.75) is 36.9 Å². The molecular weight excluding hydrogens is 284 g/mol. The number of nitrogens with zero attached hydrogens (tertiary/aromatic N) is 1. The van der Waals surface area contributed by atoms with Gasteiger partial charge in [-0.25, -0.2) is 8.42 Å². The van der Waals surface area contributed by atoms with Crippen molar-refractivity contribution in [2.24, 2.45) is 0 Å². The first-order chi connectivity index (χ1) is 8.89. The van der Waals surface area contributed by atoms with Crippen LogP contribution in [0.25, 0.3) is 0 Å². The number of aryl methyl sites for hydroxylation is 1. The third-order valence-electron chi connectivity index (χ3n) is 3.17. The van der Waals surface area contributed by atoms with E-state index in [9.17, 15) is 13.2 Å². The topological polar surface area (TPSA) is 66.5 Å². The Kier molecular flexibility index (Phi) is 4.27. The van der Waals surface area contributed by atoms with Crippen molar-refractivity contribution < 1.29 is 13.2 Å². The van der Waals surface area contributed by atoms with Gasteiger partial charge < -0.3 is 5.32 Å². The third kappa shape index (κ3) is 3.34. The summed E-state index contributed by atoms with van der Waals surface area (Å²) in [7, 11) is -3.35. The lowest BCUT2D eigenvalue weighted by Gasteiger charge is -2.31. The van der Waals surface area contributed by atoms with Crippen molar-refractivity contribution in [3.8, 4) is 0 Å². The molecule has 0 atom stereocenters. The number of piperidine rings is 1. The molecule has 5 nitrogen and oxygen atoms in total. The lowest BCUT2D eigenvalue weighted by Crippen LogP contribution is -2.45. The quantitative estimate of drug-likeness (QED) is 0.916. The van der Waals surface area contributed by atoms with Crippen molar-refractivity contribution in [2.75, 3.05) is 13.1 Å². The second-order valence-electron chi connectivity index (χ2n) is 4.74. The summed E-state index contributed by atoms with van der Waals surface area (Å²) < 4.78 is 26.7. The maximum atomic E-state index is 12.4. The molecule has 1 amide bonds. The molecule has 0 bridgehead atoms. The predicted octanol–water partition coefficient (Wildman–Crippen LogP) is 1.35. The number of thiophene rings is 1. The molecule has 0 radical (unpaired) electrons. The molecular formula is C12H18N2O3S2. The molecule has 0 aromatic carbocycles. The molecule has 1 fully saturated rings. The molecule has 1 aromatic heterocycles. The van der Waals surface area contributed by atoms with Gasteiger partial charge in [0.25, 0.3) is 10.0 Å². The number of carbonyl (C=O) groups is 1. The van der Waals surface area contributed by atoms with Gasteiger partial charge in [0.2, 0.25) is 5.91 Å². The van der Waals surface area contributed by atoms with Gasteiger partial charge in [-0.2, -0.15) is 4.31 Å². The first kappa shape index (κ1) is 14.5. The van der Waals surface area contributed by atoms with E-state index < -0.39 is 10.0 Å². The average molecular weight is 302 g/mol. The summed E-state index contributed by atoms with van der Waals surface area (Å²) in [6.07, 6.45) is 1.34.